The second-order valence-corrected chi connectivity index (χ2v) is 5.17. The summed E-state index contributed by atoms with van der Waals surface area (Å²) in [5, 5.41) is 6.86. The van der Waals surface area contributed by atoms with E-state index in [-0.39, 0.29) is 5.97 Å². The van der Waals surface area contributed by atoms with Gasteiger partial charge in [0.15, 0.2) is 10.2 Å². The van der Waals surface area contributed by atoms with Crippen LogP contribution in [-0.4, -0.2) is 29.8 Å². The quantitative estimate of drug-likeness (QED) is 0.264. The molecule has 4 N–H and O–H groups in total. The molecule has 0 aromatic heterocycles. The molecule has 0 spiro atoms. The summed E-state index contributed by atoms with van der Waals surface area (Å²) in [6.07, 6.45) is 1.00. The molecule has 0 aliphatic heterocycles. The van der Waals surface area contributed by atoms with E-state index < -0.39 is 0 Å². The average Bonchev–Trinajstić information content (AvgIpc) is 2.55. The second-order valence-electron chi connectivity index (χ2n) is 4.35. The lowest BCUT2D eigenvalue weighted by Crippen LogP contribution is -2.50. The highest BCUT2D eigenvalue weighted by Crippen LogP contribution is 1.96. The van der Waals surface area contributed by atoms with Gasteiger partial charge in [-0.25, -0.2) is 0 Å². The summed E-state index contributed by atoms with van der Waals surface area (Å²) in [7, 11) is 1.37. The fourth-order valence-corrected chi connectivity index (χ4v) is 1.79. The Hall–Kier alpha value is -1.93. The SMILES string of the molecule is COC(=O)CCCNC(=S)NNC(=S)NCc1ccccc1. The number of hydrazine groups is 1. The molecule has 0 unspecified atom stereocenters. The number of hydrogen-bond acceptors (Lipinski definition) is 4. The molecule has 1 aromatic carbocycles. The van der Waals surface area contributed by atoms with Gasteiger partial charge in [0.1, 0.15) is 0 Å². The van der Waals surface area contributed by atoms with Crippen LogP contribution >= 0.6 is 24.4 Å². The normalized spacial score (nSPS) is 9.50. The predicted octanol–water partition coefficient (Wildman–Crippen LogP) is 0.983. The van der Waals surface area contributed by atoms with E-state index in [2.05, 4.69) is 26.2 Å². The van der Waals surface area contributed by atoms with Crippen molar-refractivity contribution in [2.75, 3.05) is 13.7 Å². The first kappa shape index (κ1) is 18.1. The fraction of sp³-hybridized carbons (Fsp3) is 0.357. The molecule has 0 aliphatic carbocycles. The van der Waals surface area contributed by atoms with Crippen LogP contribution in [0.3, 0.4) is 0 Å². The van der Waals surface area contributed by atoms with Crippen LogP contribution in [0.1, 0.15) is 18.4 Å². The summed E-state index contributed by atoms with van der Waals surface area (Å²) in [5.74, 6) is -0.231. The summed E-state index contributed by atoms with van der Waals surface area (Å²) < 4.78 is 4.55. The monoisotopic (exact) mass is 340 g/mol. The van der Waals surface area contributed by atoms with Crippen LogP contribution in [-0.2, 0) is 16.1 Å². The first-order valence-corrected chi connectivity index (χ1v) is 7.62. The van der Waals surface area contributed by atoms with Gasteiger partial charge in [-0.3, -0.25) is 15.6 Å². The van der Waals surface area contributed by atoms with Gasteiger partial charge in [0.25, 0.3) is 0 Å². The van der Waals surface area contributed by atoms with Gasteiger partial charge in [-0.05, 0) is 36.4 Å². The van der Waals surface area contributed by atoms with Crippen molar-refractivity contribution in [1.29, 1.82) is 0 Å². The molecule has 0 saturated carbocycles. The van der Waals surface area contributed by atoms with Gasteiger partial charge in [-0.15, -0.1) is 0 Å². The molecule has 0 fully saturated rings. The van der Waals surface area contributed by atoms with Crippen molar-refractivity contribution in [1.82, 2.24) is 21.5 Å². The average molecular weight is 340 g/mol. The lowest BCUT2D eigenvalue weighted by Gasteiger charge is -2.14. The van der Waals surface area contributed by atoms with Crippen LogP contribution in [0.2, 0.25) is 0 Å². The summed E-state index contributed by atoms with van der Waals surface area (Å²) >= 11 is 10.2. The van der Waals surface area contributed by atoms with E-state index in [0.29, 0.717) is 36.2 Å². The van der Waals surface area contributed by atoms with Gasteiger partial charge in [0.05, 0.1) is 7.11 Å². The minimum Gasteiger partial charge on any atom is -0.469 e. The van der Waals surface area contributed by atoms with Crippen LogP contribution in [0.25, 0.3) is 0 Å². The number of thiocarbonyl (C=S) groups is 2. The van der Waals surface area contributed by atoms with Crippen molar-refractivity contribution >= 4 is 40.6 Å². The minimum atomic E-state index is -0.231. The number of carbonyl (C=O) groups is 1. The van der Waals surface area contributed by atoms with Crippen molar-refractivity contribution in [3.8, 4) is 0 Å². The Balaban J connectivity index is 2.08. The largest absolute Gasteiger partial charge is 0.469 e. The van der Waals surface area contributed by atoms with Crippen molar-refractivity contribution in [3.05, 3.63) is 35.9 Å². The zero-order chi connectivity index (χ0) is 16.2. The number of hydrogen-bond donors (Lipinski definition) is 4. The highest BCUT2D eigenvalue weighted by Gasteiger charge is 2.01. The number of ether oxygens (including phenoxy) is 1. The van der Waals surface area contributed by atoms with Gasteiger partial charge in [0, 0.05) is 19.5 Å². The number of methoxy groups -OCH3 is 1. The molecule has 0 bridgehead atoms. The number of benzene rings is 1. The molecule has 1 aromatic rings. The van der Waals surface area contributed by atoms with Crippen molar-refractivity contribution in [2.24, 2.45) is 0 Å². The van der Waals surface area contributed by atoms with E-state index in [4.69, 9.17) is 24.4 Å². The molecular weight excluding hydrogens is 320 g/mol. The summed E-state index contributed by atoms with van der Waals surface area (Å²) in [5.41, 5.74) is 6.69. The van der Waals surface area contributed by atoms with Crippen LogP contribution in [0.4, 0.5) is 0 Å². The first-order valence-electron chi connectivity index (χ1n) is 6.80. The molecule has 0 atom stereocenters. The maximum Gasteiger partial charge on any atom is 0.305 e. The van der Waals surface area contributed by atoms with Crippen LogP contribution < -0.4 is 21.5 Å². The van der Waals surface area contributed by atoms with Gasteiger partial charge >= 0.3 is 5.97 Å². The van der Waals surface area contributed by atoms with E-state index in [1.807, 2.05) is 30.3 Å². The smallest absolute Gasteiger partial charge is 0.305 e. The third-order valence-corrected chi connectivity index (χ3v) is 3.15. The number of nitrogens with one attached hydrogen (secondary N) is 4. The van der Waals surface area contributed by atoms with Crippen LogP contribution in [0.5, 0.6) is 0 Å². The number of esters is 1. The summed E-state index contributed by atoms with van der Waals surface area (Å²) in [6, 6.07) is 9.93. The predicted molar refractivity (Wildman–Crippen MR) is 94.0 cm³/mol. The molecule has 0 aliphatic rings. The lowest BCUT2D eigenvalue weighted by molar-refractivity contribution is -0.140. The second kappa shape index (κ2) is 10.7. The number of carbonyl (C=O) groups excluding carboxylic acids is 1. The standard InChI is InChI=1S/C14H20N4O2S2/c1-20-12(19)8-5-9-15-13(21)17-18-14(22)16-10-11-6-3-2-4-7-11/h2-4,6-7H,5,8-10H2,1H3,(H2,15,17,21)(H2,16,18,22). The van der Waals surface area contributed by atoms with E-state index in [0.717, 1.165) is 5.56 Å². The molecule has 0 saturated heterocycles. The van der Waals surface area contributed by atoms with Gasteiger partial charge in [0.2, 0.25) is 0 Å². The molecule has 1 rings (SSSR count). The van der Waals surface area contributed by atoms with Crippen LogP contribution in [0.15, 0.2) is 30.3 Å². The highest BCUT2D eigenvalue weighted by molar-refractivity contribution is 7.80. The van der Waals surface area contributed by atoms with Crippen molar-refractivity contribution in [3.63, 3.8) is 0 Å². The summed E-state index contributed by atoms with van der Waals surface area (Å²) in [4.78, 5) is 10.9. The molecule has 0 heterocycles. The van der Waals surface area contributed by atoms with Crippen LogP contribution in [0, 0.1) is 0 Å². The maximum absolute atomic E-state index is 10.9. The van der Waals surface area contributed by atoms with Crippen molar-refractivity contribution < 1.29 is 9.53 Å². The Morgan fingerprint density at radius 1 is 1.09 bits per heavy atom. The first-order chi connectivity index (χ1) is 10.6. The third kappa shape index (κ3) is 8.38. The molecule has 120 valence electrons. The Kier molecular flexibility index (Phi) is 8.85. The molecule has 0 radical (unpaired) electrons. The fourth-order valence-electron chi connectivity index (χ4n) is 1.52. The van der Waals surface area contributed by atoms with E-state index >= 15 is 0 Å². The molecule has 6 nitrogen and oxygen atoms in total. The van der Waals surface area contributed by atoms with E-state index in [1.165, 1.54) is 7.11 Å². The molecule has 22 heavy (non-hydrogen) atoms. The Bertz CT molecular complexity index is 497. The third-order valence-electron chi connectivity index (χ3n) is 2.66. The van der Waals surface area contributed by atoms with E-state index in [9.17, 15) is 4.79 Å². The highest BCUT2D eigenvalue weighted by atomic mass is 32.1. The zero-order valence-corrected chi connectivity index (χ0v) is 14.0. The van der Waals surface area contributed by atoms with E-state index in [1.54, 1.807) is 0 Å². The van der Waals surface area contributed by atoms with Gasteiger partial charge in [-0.2, -0.15) is 0 Å². The molecular formula is C14H20N4O2S2. The van der Waals surface area contributed by atoms with Gasteiger partial charge < -0.3 is 15.4 Å². The maximum atomic E-state index is 10.9. The summed E-state index contributed by atoms with van der Waals surface area (Å²) in [6.45, 7) is 1.21. The van der Waals surface area contributed by atoms with Crippen molar-refractivity contribution in [2.45, 2.75) is 19.4 Å². The minimum absolute atomic E-state index is 0.231. The zero-order valence-electron chi connectivity index (χ0n) is 12.3. The Morgan fingerprint density at radius 3 is 2.36 bits per heavy atom. The Labute approximate surface area is 141 Å². The number of rotatable bonds is 6. The Morgan fingerprint density at radius 2 is 1.73 bits per heavy atom. The van der Waals surface area contributed by atoms with Gasteiger partial charge in [-0.1, -0.05) is 30.3 Å². The molecule has 8 heteroatoms. The molecule has 0 amide bonds. The topological polar surface area (TPSA) is 74.4 Å². The lowest BCUT2D eigenvalue weighted by atomic mass is 10.2.